The molecule has 1 aromatic rings. The monoisotopic (exact) mass is 353 g/mol. The van der Waals surface area contributed by atoms with Gasteiger partial charge in [-0.1, -0.05) is 11.6 Å². The summed E-state index contributed by atoms with van der Waals surface area (Å²) in [6.07, 6.45) is -0.167. The number of nitrogens with zero attached hydrogens (tertiary/aromatic N) is 1. The highest BCUT2D eigenvalue weighted by Crippen LogP contribution is 2.40. The van der Waals surface area contributed by atoms with Crippen LogP contribution < -0.4 is 14.4 Å². The van der Waals surface area contributed by atoms with Gasteiger partial charge in [0.05, 0.1) is 24.9 Å². The summed E-state index contributed by atoms with van der Waals surface area (Å²) in [6.45, 7) is -0.0359. The maximum atomic E-state index is 12.1. The first-order chi connectivity index (χ1) is 9.77. The Morgan fingerprint density at radius 3 is 2.33 bits per heavy atom. The number of methoxy groups -OCH3 is 2. The molecular weight excluding hydrogens is 341 g/mol. The molecule has 0 bridgehead atoms. The first-order valence-electron chi connectivity index (χ1n) is 5.93. The van der Waals surface area contributed by atoms with Crippen LogP contribution in [-0.4, -0.2) is 40.3 Å². The maximum absolute atomic E-state index is 12.1. The predicted molar refractivity (Wildman–Crippen MR) is 80.1 cm³/mol. The summed E-state index contributed by atoms with van der Waals surface area (Å²) in [5.74, 6) is 0.353. The fourth-order valence-corrected chi connectivity index (χ4v) is 3.41. The number of hydrogen-bond donors (Lipinski definition) is 0. The third kappa shape index (κ3) is 3.20. The van der Waals surface area contributed by atoms with Crippen LogP contribution in [0.25, 0.3) is 0 Å². The normalized spacial score (nSPS) is 19.0. The molecule has 0 N–H and O–H groups in total. The highest BCUT2D eigenvalue weighted by Gasteiger charge is 2.39. The van der Waals surface area contributed by atoms with E-state index in [4.69, 9.17) is 31.8 Å². The third-order valence-corrected chi connectivity index (χ3v) is 5.40. The van der Waals surface area contributed by atoms with Crippen molar-refractivity contribution < 1.29 is 22.7 Å². The van der Waals surface area contributed by atoms with Crippen molar-refractivity contribution in [3.05, 3.63) is 17.2 Å². The summed E-state index contributed by atoms with van der Waals surface area (Å²) in [5.41, 5.74) is 0.395. The molecule has 1 unspecified atom stereocenters. The molecular formula is C12H13Cl2NO5S. The van der Waals surface area contributed by atoms with E-state index in [1.54, 1.807) is 0 Å². The molecule has 2 rings (SSSR count). The van der Waals surface area contributed by atoms with Gasteiger partial charge >= 0.3 is 0 Å². The number of ether oxygens (including phenoxy) is 2. The molecule has 116 valence electrons. The minimum Gasteiger partial charge on any atom is -0.495 e. The molecule has 1 atom stereocenters. The van der Waals surface area contributed by atoms with E-state index in [1.807, 2.05) is 0 Å². The molecule has 21 heavy (non-hydrogen) atoms. The van der Waals surface area contributed by atoms with Gasteiger partial charge in [0, 0.05) is 35.8 Å². The molecule has 0 radical (unpaired) electrons. The zero-order valence-corrected chi connectivity index (χ0v) is 13.6. The largest absolute Gasteiger partial charge is 0.495 e. The first kappa shape index (κ1) is 16.2. The second-order valence-electron chi connectivity index (χ2n) is 4.46. The minimum absolute atomic E-state index is 0.0359. The summed E-state index contributed by atoms with van der Waals surface area (Å²) in [4.78, 5) is 13.4. The molecule has 9 heteroatoms. The van der Waals surface area contributed by atoms with Crippen LogP contribution in [0.5, 0.6) is 11.5 Å². The highest BCUT2D eigenvalue weighted by molar-refractivity contribution is 8.14. The number of anilines is 1. The van der Waals surface area contributed by atoms with E-state index >= 15 is 0 Å². The molecule has 1 heterocycles. The Morgan fingerprint density at radius 1 is 1.24 bits per heavy atom. The summed E-state index contributed by atoms with van der Waals surface area (Å²) < 4.78 is 33.1. The van der Waals surface area contributed by atoms with Crippen molar-refractivity contribution in [2.75, 3.05) is 25.7 Å². The quantitative estimate of drug-likeness (QED) is 0.774. The summed E-state index contributed by atoms with van der Waals surface area (Å²) in [6, 6.07) is 3.04. The Labute approximate surface area is 131 Å². The molecule has 1 fully saturated rings. The standard InChI is InChI=1S/C12H13Cl2NO5S/c1-19-10-5-9(11(20-2)4-8(10)13)15-6-7(3-12(15)16)21(14,17)18/h4-5,7H,3,6H2,1-2H3. The highest BCUT2D eigenvalue weighted by atomic mass is 35.7. The fraction of sp³-hybridized carbons (Fsp3) is 0.417. The zero-order chi connectivity index (χ0) is 15.8. The maximum Gasteiger partial charge on any atom is 0.237 e. The van der Waals surface area contributed by atoms with Gasteiger partial charge in [0.2, 0.25) is 15.0 Å². The number of carbonyl (C=O) groups excluding carboxylic acids is 1. The van der Waals surface area contributed by atoms with Crippen LogP contribution in [-0.2, 0) is 13.8 Å². The van der Waals surface area contributed by atoms with E-state index in [-0.39, 0.29) is 18.9 Å². The Hall–Kier alpha value is -1.18. The number of rotatable bonds is 4. The van der Waals surface area contributed by atoms with Crippen LogP contribution in [0.4, 0.5) is 5.69 Å². The third-order valence-electron chi connectivity index (χ3n) is 3.23. The molecule has 1 aromatic carbocycles. The molecule has 0 aliphatic carbocycles. The Balaban J connectivity index is 2.44. The number of benzene rings is 1. The molecule has 1 saturated heterocycles. The van der Waals surface area contributed by atoms with E-state index < -0.39 is 14.3 Å². The lowest BCUT2D eigenvalue weighted by Crippen LogP contribution is -2.27. The van der Waals surface area contributed by atoms with Crippen LogP contribution in [0.3, 0.4) is 0 Å². The SMILES string of the molecule is COc1cc(N2CC(S(=O)(=O)Cl)CC2=O)c(OC)cc1Cl. The summed E-state index contributed by atoms with van der Waals surface area (Å²) >= 11 is 6.00. The van der Waals surface area contributed by atoms with E-state index in [0.29, 0.717) is 22.2 Å². The van der Waals surface area contributed by atoms with Crippen LogP contribution in [0.15, 0.2) is 12.1 Å². The van der Waals surface area contributed by atoms with Crippen molar-refractivity contribution in [2.45, 2.75) is 11.7 Å². The van der Waals surface area contributed by atoms with Crippen LogP contribution in [0.2, 0.25) is 5.02 Å². The minimum atomic E-state index is -3.81. The Morgan fingerprint density at radius 2 is 1.86 bits per heavy atom. The molecule has 1 amide bonds. The van der Waals surface area contributed by atoms with Crippen molar-refractivity contribution in [1.82, 2.24) is 0 Å². The summed E-state index contributed by atoms with van der Waals surface area (Å²) in [7, 11) is 4.39. The van der Waals surface area contributed by atoms with Gasteiger partial charge in [-0.3, -0.25) is 4.79 Å². The first-order valence-corrected chi connectivity index (χ1v) is 8.68. The van der Waals surface area contributed by atoms with E-state index in [0.717, 1.165) is 0 Å². The van der Waals surface area contributed by atoms with Crippen molar-refractivity contribution >= 4 is 42.9 Å². The topological polar surface area (TPSA) is 72.9 Å². The van der Waals surface area contributed by atoms with Gasteiger partial charge in [0.25, 0.3) is 0 Å². The molecule has 6 nitrogen and oxygen atoms in total. The van der Waals surface area contributed by atoms with Crippen molar-refractivity contribution in [1.29, 1.82) is 0 Å². The van der Waals surface area contributed by atoms with E-state index in [9.17, 15) is 13.2 Å². The number of halogens is 2. The second kappa shape index (κ2) is 5.90. The number of hydrogen-bond acceptors (Lipinski definition) is 5. The average Bonchev–Trinajstić information content (AvgIpc) is 2.80. The predicted octanol–water partition coefficient (Wildman–Crippen LogP) is 2.03. The number of carbonyl (C=O) groups is 1. The van der Waals surface area contributed by atoms with Gasteiger partial charge in [-0.25, -0.2) is 8.42 Å². The van der Waals surface area contributed by atoms with Gasteiger partial charge in [-0.05, 0) is 0 Å². The molecule has 1 aliphatic heterocycles. The van der Waals surface area contributed by atoms with Gasteiger partial charge < -0.3 is 14.4 Å². The van der Waals surface area contributed by atoms with Gasteiger partial charge in [0.1, 0.15) is 16.7 Å². The van der Waals surface area contributed by atoms with Gasteiger partial charge in [-0.15, -0.1) is 0 Å². The Kier molecular flexibility index (Phi) is 4.55. The summed E-state index contributed by atoms with van der Waals surface area (Å²) in [5, 5.41) is -0.621. The van der Waals surface area contributed by atoms with Crippen LogP contribution >= 0.6 is 22.3 Å². The molecule has 0 saturated carbocycles. The lowest BCUT2D eigenvalue weighted by Gasteiger charge is -2.20. The van der Waals surface area contributed by atoms with Crippen molar-refractivity contribution in [2.24, 2.45) is 0 Å². The van der Waals surface area contributed by atoms with Crippen LogP contribution in [0, 0.1) is 0 Å². The number of amides is 1. The lowest BCUT2D eigenvalue weighted by atomic mass is 10.2. The smallest absolute Gasteiger partial charge is 0.237 e. The van der Waals surface area contributed by atoms with Crippen LogP contribution in [0.1, 0.15) is 6.42 Å². The fourth-order valence-electron chi connectivity index (χ4n) is 2.15. The van der Waals surface area contributed by atoms with Gasteiger partial charge in [0.15, 0.2) is 0 Å². The lowest BCUT2D eigenvalue weighted by molar-refractivity contribution is -0.117. The van der Waals surface area contributed by atoms with E-state index in [1.165, 1.54) is 31.3 Å². The molecule has 0 spiro atoms. The van der Waals surface area contributed by atoms with Gasteiger partial charge in [-0.2, -0.15) is 0 Å². The molecule has 0 aromatic heterocycles. The second-order valence-corrected chi connectivity index (χ2v) is 7.78. The van der Waals surface area contributed by atoms with Crippen molar-refractivity contribution in [3.63, 3.8) is 0 Å². The zero-order valence-electron chi connectivity index (χ0n) is 11.3. The average molecular weight is 354 g/mol. The molecule has 1 aliphatic rings. The van der Waals surface area contributed by atoms with Crippen molar-refractivity contribution in [3.8, 4) is 11.5 Å². The Bertz CT molecular complexity index is 676. The van der Waals surface area contributed by atoms with E-state index in [2.05, 4.69) is 0 Å².